The van der Waals surface area contributed by atoms with E-state index in [-0.39, 0.29) is 0 Å². The highest BCUT2D eigenvalue weighted by atomic mass is 16.1. The Bertz CT molecular complexity index is 377. The lowest BCUT2D eigenvalue weighted by atomic mass is 10.00. The molecule has 0 spiro atoms. The Labute approximate surface area is 90.8 Å². The lowest BCUT2D eigenvalue weighted by molar-refractivity contribution is 0.112. The molecule has 0 aromatic heterocycles. The van der Waals surface area contributed by atoms with Crippen molar-refractivity contribution < 1.29 is 4.79 Å². The van der Waals surface area contributed by atoms with Crippen LogP contribution in [0.15, 0.2) is 30.3 Å². The van der Waals surface area contributed by atoms with Gasteiger partial charge in [0.15, 0.2) is 0 Å². The van der Waals surface area contributed by atoms with Gasteiger partial charge >= 0.3 is 0 Å². The number of carbonyl (C=O) groups excluding carboxylic acids is 1. The summed E-state index contributed by atoms with van der Waals surface area (Å²) in [6.07, 6.45) is 9.49. The van der Waals surface area contributed by atoms with Crippen molar-refractivity contribution in [1.82, 2.24) is 0 Å². The van der Waals surface area contributed by atoms with Gasteiger partial charge in [-0.15, -0.1) is 0 Å². The summed E-state index contributed by atoms with van der Waals surface area (Å²) in [5.41, 5.74) is 3.41. The van der Waals surface area contributed by atoms with Gasteiger partial charge in [0.25, 0.3) is 0 Å². The maximum atomic E-state index is 10.7. The SMILES string of the molecule is O=Cc1cccc(C2=CCCCCC2)c1. The van der Waals surface area contributed by atoms with Crippen molar-refractivity contribution in [2.24, 2.45) is 0 Å². The molecular weight excluding hydrogens is 184 g/mol. The minimum absolute atomic E-state index is 0.776. The highest BCUT2D eigenvalue weighted by Gasteiger charge is 2.05. The van der Waals surface area contributed by atoms with Gasteiger partial charge in [0.1, 0.15) is 6.29 Å². The summed E-state index contributed by atoms with van der Waals surface area (Å²) in [5.74, 6) is 0. The predicted octanol–water partition coefficient (Wildman–Crippen LogP) is 3.85. The Kier molecular flexibility index (Phi) is 3.33. The first-order chi connectivity index (χ1) is 7.40. The Morgan fingerprint density at radius 1 is 1.13 bits per heavy atom. The molecule has 0 fully saturated rings. The highest BCUT2D eigenvalue weighted by Crippen LogP contribution is 2.26. The van der Waals surface area contributed by atoms with Gasteiger partial charge in [-0.2, -0.15) is 0 Å². The zero-order valence-electron chi connectivity index (χ0n) is 8.91. The summed E-state index contributed by atoms with van der Waals surface area (Å²) < 4.78 is 0. The summed E-state index contributed by atoms with van der Waals surface area (Å²) in [6, 6.07) is 7.91. The van der Waals surface area contributed by atoms with Crippen LogP contribution >= 0.6 is 0 Å². The number of allylic oxidation sites excluding steroid dienone is 2. The average Bonchev–Trinajstić information content (AvgIpc) is 2.58. The van der Waals surface area contributed by atoms with E-state index in [1.165, 1.54) is 36.8 Å². The van der Waals surface area contributed by atoms with Crippen LogP contribution in [0.5, 0.6) is 0 Å². The molecule has 1 aromatic carbocycles. The van der Waals surface area contributed by atoms with Gasteiger partial charge in [-0.1, -0.05) is 30.7 Å². The van der Waals surface area contributed by atoms with Crippen LogP contribution in [0.3, 0.4) is 0 Å². The molecule has 0 unspecified atom stereocenters. The molecule has 0 bridgehead atoms. The van der Waals surface area contributed by atoms with E-state index < -0.39 is 0 Å². The van der Waals surface area contributed by atoms with Crippen LogP contribution < -0.4 is 0 Å². The molecule has 0 saturated carbocycles. The molecule has 1 aliphatic carbocycles. The monoisotopic (exact) mass is 200 g/mol. The molecule has 0 atom stereocenters. The van der Waals surface area contributed by atoms with Crippen LogP contribution in [0.4, 0.5) is 0 Å². The minimum atomic E-state index is 0.776. The van der Waals surface area contributed by atoms with E-state index in [1.54, 1.807) is 0 Å². The van der Waals surface area contributed by atoms with Gasteiger partial charge in [-0.3, -0.25) is 4.79 Å². The van der Waals surface area contributed by atoms with Crippen LogP contribution in [0, 0.1) is 0 Å². The van der Waals surface area contributed by atoms with Crippen LogP contribution in [0.2, 0.25) is 0 Å². The lowest BCUT2D eigenvalue weighted by Gasteiger charge is -2.05. The van der Waals surface area contributed by atoms with E-state index in [0.717, 1.165) is 18.3 Å². The summed E-state index contributed by atoms with van der Waals surface area (Å²) in [5, 5.41) is 0. The molecule has 2 rings (SSSR count). The second-order valence-corrected chi connectivity index (χ2v) is 4.07. The van der Waals surface area contributed by atoms with Crippen molar-refractivity contribution in [3.8, 4) is 0 Å². The molecule has 0 radical (unpaired) electrons. The maximum absolute atomic E-state index is 10.7. The smallest absolute Gasteiger partial charge is 0.150 e. The van der Waals surface area contributed by atoms with E-state index >= 15 is 0 Å². The van der Waals surface area contributed by atoms with E-state index in [0.29, 0.717) is 0 Å². The van der Waals surface area contributed by atoms with E-state index in [2.05, 4.69) is 12.1 Å². The predicted molar refractivity (Wildman–Crippen MR) is 62.9 cm³/mol. The molecule has 0 aliphatic heterocycles. The van der Waals surface area contributed by atoms with E-state index in [1.807, 2.05) is 18.2 Å². The van der Waals surface area contributed by atoms with Crippen LogP contribution in [-0.4, -0.2) is 6.29 Å². The van der Waals surface area contributed by atoms with Crippen LogP contribution in [0.25, 0.3) is 5.57 Å². The fraction of sp³-hybridized carbons (Fsp3) is 0.357. The zero-order chi connectivity index (χ0) is 10.5. The third-order valence-corrected chi connectivity index (χ3v) is 2.93. The summed E-state index contributed by atoms with van der Waals surface area (Å²) in [7, 11) is 0. The maximum Gasteiger partial charge on any atom is 0.150 e. The van der Waals surface area contributed by atoms with Crippen LogP contribution in [0.1, 0.15) is 48.0 Å². The molecule has 1 heteroatoms. The molecule has 0 amide bonds. The third-order valence-electron chi connectivity index (χ3n) is 2.93. The van der Waals surface area contributed by atoms with Crippen molar-refractivity contribution in [3.63, 3.8) is 0 Å². The largest absolute Gasteiger partial charge is 0.298 e. The first kappa shape index (κ1) is 10.2. The Morgan fingerprint density at radius 2 is 2.07 bits per heavy atom. The first-order valence-corrected chi connectivity index (χ1v) is 5.65. The molecule has 15 heavy (non-hydrogen) atoms. The van der Waals surface area contributed by atoms with Gasteiger partial charge in [-0.05, 0) is 42.9 Å². The molecule has 0 heterocycles. The molecule has 1 nitrogen and oxygen atoms in total. The standard InChI is InChI=1S/C14H16O/c15-11-12-6-5-9-14(10-12)13-7-3-1-2-4-8-13/h5-7,9-11H,1-4,8H2. The fourth-order valence-electron chi connectivity index (χ4n) is 2.09. The quantitative estimate of drug-likeness (QED) is 0.663. The molecular formula is C14H16O. The second-order valence-electron chi connectivity index (χ2n) is 4.07. The number of rotatable bonds is 2. The van der Waals surface area contributed by atoms with Crippen molar-refractivity contribution in [2.75, 3.05) is 0 Å². The third kappa shape index (κ3) is 2.56. The highest BCUT2D eigenvalue weighted by molar-refractivity contribution is 5.78. The normalized spacial score (nSPS) is 16.7. The number of aldehydes is 1. The van der Waals surface area contributed by atoms with Gasteiger partial charge in [0.2, 0.25) is 0 Å². The van der Waals surface area contributed by atoms with Crippen molar-refractivity contribution in [1.29, 1.82) is 0 Å². The van der Waals surface area contributed by atoms with Crippen molar-refractivity contribution in [3.05, 3.63) is 41.5 Å². The average molecular weight is 200 g/mol. The molecule has 0 saturated heterocycles. The Hall–Kier alpha value is -1.37. The Morgan fingerprint density at radius 3 is 2.93 bits per heavy atom. The van der Waals surface area contributed by atoms with Crippen LogP contribution in [-0.2, 0) is 0 Å². The van der Waals surface area contributed by atoms with Gasteiger partial charge < -0.3 is 0 Å². The Balaban J connectivity index is 2.26. The summed E-state index contributed by atoms with van der Waals surface area (Å²) in [6.45, 7) is 0. The molecule has 1 aromatic rings. The lowest BCUT2D eigenvalue weighted by Crippen LogP contribution is -1.87. The summed E-state index contributed by atoms with van der Waals surface area (Å²) in [4.78, 5) is 10.7. The molecule has 1 aliphatic rings. The molecule has 78 valence electrons. The number of hydrogen-bond donors (Lipinski definition) is 0. The van der Waals surface area contributed by atoms with E-state index in [4.69, 9.17) is 0 Å². The van der Waals surface area contributed by atoms with Gasteiger partial charge in [0, 0.05) is 5.56 Å². The molecule has 0 N–H and O–H groups in total. The van der Waals surface area contributed by atoms with E-state index in [9.17, 15) is 4.79 Å². The second kappa shape index (κ2) is 4.92. The summed E-state index contributed by atoms with van der Waals surface area (Å²) >= 11 is 0. The van der Waals surface area contributed by atoms with Crippen molar-refractivity contribution in [2.45, 2.75) is 32.1 Å². The first-order valence-electron chi connectivity index (χ1n) is 5.65. The fourth-order valence-corrected chi connectivity index (χ4v) is 2.09. The zero-order valence-corrected chi connectivity index (χ0v) is 8.91. The van der Waals surface area contributed by atoms with Crippen molar-refractivity contribution >= 4 is 11.9 Å². The van der Waals surface area contributed by atoms with Gasteiger partial charge in [0.05, 0.1) is 0 Å². The number of carbonyl (C=O) groups is 1. The number of benzene rings is 1. The van der Waals surface area contributed by atoms with Gasteiger partial charge in [-0.25, -0.2) is 0 Å². The number of hydrogen-bond acceptors (Lipinski definition) is 1. The topological polar surface area (TPSA) is 17.1 Å². The minimum Gasteiger partial charge on any atom is -0.298 e.